The van der Waals surface area contributed by atoms with Gasteiger partial charge in [-0.1, -0.05) is 18.2 Å². The first kappa shape index (κ1) is 30.9. The van der Waals surface area contributed by atoms with E-state index < -0.39 is 28.8 Å². The van der Waals surface area contributed by atoms with E-state index in [1.54, 1.807) is 19.1 Å². The number of aryl methyl sites for hydroxylation is 2. The highest BCUT2D eigenvalue weighted by Crippen LogP contribution is 2.40. The van der Waals surface area contributed by atoms with Crippen molar-refractivity contribution in [1.29, 1.82) is 0 Å². The molecule has 0 atom stereocenters. The number of rotatable bonds is 13. The molecule has 12 heteroatoms. The summed E-state index contributed by atoms with van der Waals surface area (Å²) in [5.41, 5.74) is 3.50. The fourth-order valence-corrected chi connectivity index (χ4v) is 6.10. The second-order valence-electron chi connectivity index (χ2n) is 11.6. The van der Waals surface area contributed by atoms with Gasteiger partial charge in [-0.2, -0.15) is 8.42 Å². The van der Waals surface area contributed by atoms with Crippen LogP contribution in [0.25, 0.3) is 6.08 Å². The van der Waals surface area contributed by atoms with Crippen molar-refractivity contribution in [1.82, 2.24) is 4.48 Å². The van der Waals surface area contributed by atoms with Gasteiger partial charge in [0.25, 0.3) is 10.1 Å². The van der Waals surface area contributed by atoms with E-state index in [0.717, 1.165) is 32.0 Å². The van der Waals surface area contributed by atoms with Gasteiger partial charge in [0.15, 0.2) is 11.4 Å². The average molecular weight is 591 g/mol. The van der Waals surface area contributed by atoms with Crippen LogP contribution in [0.1, 0.15) is 55.1 Å². The van der Waals surface area contributed by atoms with Crippen molar-refractivity contribution in [2.24, 2.45) is 0 Å². The molecule has 0 saturated carbocycles. The zero-order chi connectivity index (χ0) is 30.0. The van der Waals surface area contributed by atoms with Crippen LogP contribution in [0.2, 0.25) is 0 Å². The molecule has 0 unspecified atom stereocenters. The number of aromatic nitrogens is 1. The molecule has 2 aromatic rings. The van der Waals surface area contributed by atoms with Crippen LogP contribution in [-0.2, 0) is 32.5 Å². The molecule has 1 aromatic heterocycles. The van der Waals surface area contributed by atoms with Gasteiger partial charge in [0.05, 0.1) is 46.5 Å². The molecule has 0 aliphatic carbocycles. The van der Waals surface area contributed by atoms with Crippen molar-refractivity contribution >= 4 is 34.8 Å². The molecule has 0 amide bonds. The third-order valence-electron chi connectivity index (χ3n) is 7.38. The first-order valence-electron chi connectivity index (χ1n) is 14.0. The Hall–Kier alpha value is -3.09. The molecule has 1 aromatic carbocycles. The van der Waals surface area contributed by atoms with E-state index in [9.17, 15) is 17.8 Å². The van der Waals surface area contributed by atoms with E-state index in [-0.39, 0.29) is 38.0 Å². The SMILES string of the molecule is CCOC(=O)CCc1cc(CCCS(=O)(=O)O)c2n1[B-](F)(F)[N+]1=C(c3ccccc3)C=C(CCC[N+](C)(C)C)C1=C2. The molecule has 0 radical (unpaired) electrons. The Kier molecular flexibility index (Phi) is 9.06. The number of carbonyl (C=O) groups excluding carboxylic acids is 1. The maximum absolute atomic E-state index is 16.8. The molecular weight excluding hydrogens is 551 g/mol. The largest absolute Gasteiger partial charge is 0.737 e. The molecule has 3 heterocycles. The van der Waals surface area contributed by atoms with Gasteiger partial charge in [-0.3, -0.25) is 9.35 Å². The minimum absolute atomic E-state index is 0.0446. The van der Waals surface area contributed by atoms with Gasteiger partial charge in [0, 0.05) is 35.4 Å². The molecule has 0 spiro atoms. The first-order valence-corrected chi connectivity index (χ1v) is 15.6. The lowest BCUT2D eigenvalue weighted by Crippen LogP contribution is -2.51. The van der Waals surface area contributed by atoms with Gasteiger partial charge in [-0.25, -0.2) is 0 Å². The molecule has 2 aliphatic rings. The van der Waals surface area contributed by atoms with Crippen LogP contribution in [0.15, 0.2) is 53.7 Å². The van der Waals surface area contributed by atoms with Crippen molar-refractivity contribution in [2.75, 3.05) is 40.0 Å². The zero-order valence-electron chi connectivity index (χ0n) is 24.1. The van der Waals surface area contributed by atoms with Gasteiger partial charge in [0.1, 0.15) is 0 Å². The molecule has 0 fully saturated rings. The number of allylic oxidation sites excluding steroid dienone is 2. The summed E-state index contributed by atoms with van der Waals surface area (Å²) in [5, 5.41) is 0. The van der Waals surface area contributed by atoms with Crippen molar-refractivity contribution < 1.29 is 40.1 Å². The third-order valence-corrected chi connectivity index (χ3v) is 8.18. The van der Waals surface area contributed by atoms with Gasteiger partial charge in [-0.05, 0) is 62.1 Å². The van der Waals surface area contributed by atoms with Crippen LogP contribution < -0.4 is 0 Å². The van der Waals surface area contributed by atoms with Crippen LogP contribution in [0.3, 0.4) is 0 Å². The van der Waals surface area contributed by atoms with E-state index in [1.807, 2.05) is 36.4 Å². The number of carbonyl (C=O) groups is 1. The van der Waals surface area contributed by atoms with E-state index in [1.165, 1.54) is 0 Å². The normalized spacial score (nSPS) is 16.3. The summed E-state index contributed by atoms with van der Waals surface area (Å²) in [7, 11) is 2.09. The number of esters is 1. The summed E-state index contributed by atoms with van der Waals surface area (Å²) in [5.74, 6) is -0.944. The highest BCUT2D eigenvalue weighted by Gasteiger charge is 2.54. The maximum Gasteiger partial charge on any atom is 0.737 e. The summed E-state index contributed by atoms with van der Waals surface area (Å²) < 4.78 is 73.5. The lowest BCUT2D eigenvalue weighted by atomic mass is 9.88. The van der Waals surface area contributed by atoms with Gasteiger partial charge >= 0.3 is 12.9 Å². The molecule has 1 N–H and O–H groups in total. The second-order valence-corrected chi connectivity index (χ2v) is 13.2. The van der Waals surface area contributed by atoms with Crippen molar-refractivity contribution in [3.8, 4) is 0 Å². The number of halogens is 2. The Labute approximate surface area is 241 Å². The number of benzene rings is 1. The smallest absolute Gasteiger partial charge is 0.466 e. The fourth-order valence-electron chi connectivity index (χ4n) is 5.59. The highest BCUT2D eigenvalue weighted by molar-refractivity contribution is 7.85. The van der Waals surface area contributed by atoms with Crippen LogP contribution in [-0.4, -0.2) is 85.1 Å². The monoisotopic (exact) mass is 590 g/mol. The number of nitrogens with zero attached hydrogens (tertiary/aromatic N) is 3. The third kappa shape index (κ3) is 7.23. The van der Waals surface area contributed by atoms with Gasteiger partial charge < -0.3 is 26.8 Å². The highest BCUT2D eigenvalue weighted by atomic mass is 32.2. The van der Waals surface area contributed by atoms with E-state index >= 15 is 8.63 Å². The summed E-state index contributed by atoms with van der Waals surface area (Å²) in [4.78, 5) is 12.1. The average Bonchev–Trinajstić information content (AvgIpc) is 3.42. The molecule has 2 aliphatic heterocycles. The molecule has 41 heavy (non-hydrogen) atoms. The minimum atomic E-state index is -4.37. The number of hydrogen-bond donors (Lipinski definition) is 1. The lowest BCUT2D eigenvalue weighted by molar-refractivity contribution is -0.870. The van der Waals surface area contributed by atoms with Crippen molar-refractivity contribution in [2.45, 2.75) is 45.4 Å². The second kappa shape index (κ2) is 12.0. The number of fused-ring (bicyclic) bond motifs is 2. The summed E-state index contributed by atoms with van der Waals surface area (Å²) in [6.07, 6.45) is 5.30. The maximum atomic E-state index is 16.8. The number of quaternary nitrogens is 1. The topological polar surface area (TPSA) is 88.6 Å². The van der Waals surface area contributed by atoms with Crippen LogP contribution in [0.5, 0.6) is 0 Å². The van der Waals surface area contributed by atoms with Crippen LogP contribution in [0, 0.1) is 0 Å². The Bertz CT molecular complexity index is 1510. The zero-order valence-corrected chi connectivity index (χ0v) is 25.0. The summed E-state index contributed by atoms with van der Waals surface area (Å²) in [6, 6.07) is 10.8. The Balaban J connectivity index is 1.83. The predicted molar refractivity (Wildman–Crippen MR) is 156 cm³/mol. The first-order chi connectivity index (χ1) is 19.2. The van der Waals surface area contributed by atoms with Crippen LogP contribution >= 0.6 is 0 Å². The number of hydrogen-bond acceptors (Lipinski definition) is 4. The standard InChI is InChI=1S/C29H38BF2N3O5S/c1-5-40-29(36)16-15-25-19-23(14-10-18-41(37,38)39)27-21-28-24(13-9-17-35(2,3)4)20-26(22-11-7-6-8-12-22)34(28)30(31,32)33(25)27/h6-8,11-12,19-21H,5,9-10,13-18H2,1-4H3/p+1. The van der Waals surface area contributed by atoms with Crippen molar-refractivity contribution in [3.63, 3.8) is 0 Å². The van der Waals surface area contributed by atoms with Gasteiger partial charge in [0.2, 0.25) is 0 Å². The minimum Gasteiger partial charge on any atom is -0.466 e. The fraction of sp³-hybridized carbons (Fsp3) is 0.448. The lowest BCUT2D eigenvalue weighted by Gasteiger charge is -2.32. The van der Waals surface area contributed by atoms with Gasteiger partial charge in [-0.15, -0.1) is 0 Å². The summed E-state index contributed by atoms with van der Waals surface area (Å²) in [6.45, 7) is -1.61. The molecule has 222 valence electrons. The molecule has 4 rings (SSSR count). The number of ether oxygens (including phenoxy) is 1. The Morgan fingerprint density at radius 3 is 2.41 bits per heavy atom. The molecule has 8 nitrogen and oxygen atoms in total. The van der Waals surface area contributed by atoms with E-state index in [4.69, 9.17) is 4.74 Å². The quantitative estimate of drug-likeness (QED) is 0.163. The Morgan fingerprint density at radius 1 is 1.07 bits per heavy atom. The van der Waals surface area contributed by atoms with Crippen LogP contribution in [0.4, 0.5) is 8.63 Å². The van der Waals surface area contributed by atoms with E-state index in [2.05, 4.69) is 21.1 Å². The predicted octanol–water partition coefficient (Wildman–Crippen LogP) is 4.31. The molecular formula is C29H39BF2N3O5S+. The van der Waals surface area contributed by atoms with E-state index in [0.29, 0.717) is 34.7 Å². The van der Waals surface area contributed by atoms with Crippen molar-refractivity contribution in [3.05, 3.63) is 76.3 Å². The Morgan fingerprint density at radius 2 is 1.78 bits per heavy atom. The summed E-state index contributed by atoms with van der Waals surface area (Å²) >= 11 is 0. The molecule has 0 bridgehead atoms. The molecule has 0 saturated heterocycles.